The lowest BCUT2D eigenvalue weighted by atomic mass is 9.96. The van der Waals surface area contributed by atoms with Crippen LogP contribution >= 0.6 is 22.9 Å². The number of carbonyl (C=O) groups is 1. The standard InChI is InChI=1S/C31H29ClF3N3OS/c32-26-19-23(31(33,34)35)11-13-25(26)28-14-12-24(40-28)20-27(36)30(39)38-17-15-37(16-18-38)29(21-7-3-1-4-8-21)22-9-5-2-6-10-22/h1-14,19,27,29H,15-18,20,36H2. The maximum absolute atomic E-state index is 13.2. The van der Waals surface area contributed by atoms with Gasteiger partial charge >= 0.3 is 6.18 Å². The van der Waals surface area contributed by atoms with Gasteiger partial charge in [-0.15, -0.1) is 11.3 Å². The molecule has 3 aromatic carbocycles. The van der Waals surface area contributed by atoms with Gasteiger partial charge in [0.1, 0.15) is 0 Å². The molecule has 1 saturated heterocycles. The average Bonchev–Trinajstić information content (AvgIpc) is 3.42. The zero-order valence-electron chi connectivity index (χ0n) is 21.7. The van der Waals surface area contributed by atoms with Gasteiger partial charge in [-0.3, -0.25) is 9.69 Å². The van der Waals surface area contributed by atoms with Crippen molar-refractivity contribution in [1.29, 1.82) is 0 Å². The normalized spacial score (nSPS) is 15.4. The number of alkyl halides is 3. The molecule has 1 fully saturated rings. The predicted molar refractivity (Wildman–Crippen MR) is 154 cm³/mol. The van der Waals surface area contributed by atoms with Crippen LogP contribution in [-0.2, 0) is 17.4 Å². The molecule has 1 aliphatic rings. The van der Waals surface area contributed by atoms with E-state index in [-0.39, 0.29) is 17.0 Å². The van der Waals surface area contributed by atoms with E-state index in [2.05, 4.69) is 29.2 Å². The van der Waals surface area contributed by atoms with Crippen LogP contribution in [0, 0.1) is 0 Å². The van der Waals surface area contributed by atoms with Crippen LogP contribution in [0.2, 0.25) is 5.02 Å². The van der Waals surface area contributed by atoms with Crippen molar-refractivity contribution in [3.63, 3.8) is 0 Å². The third-order valence-electron chi connectivity index (χ3n) is 7.18. The summed E-state index contributed by atoms with van der Waals surface area (Å²) < 4.78 is 39.0. The van der Waals surface area contributed by atoms with Gasteiger partial charge in [0, 0.05) is 52.9 Å². The molecule has 1 aliphatic heterocycles. The van der Waals surface area contributed by atoms with E-state index in [1.807, 2.05) is 47.4 Å². The molecule has 0 aliphatic carbocycles. The summed E-state index contributed by atoms with van der Waals surface area (Å²) in [5.41, 5.74) is 8.52. The SMILES string of the molecule is NC(Cc1ccc(-c2ccc(C(F)(F)F)cc2Cl)s1)C(=O)N1CCN(C(c2ccccc2)c2ccccc2)CC1. The molecule has 40 heavy (non-hydrogen) atoms. The van der Waals surface area contributed by atoms with Gasteiger partial charge in [-0.2, -0.15) is 13.2 Å². The zero-order chi connectivity index (χ0) is 28.3. The number of nitrogens with zero attached hydrogens (tertiary/aromatic N) is 2. The fraction of sp³-hybridized carbons (Fsp3) is 0.258. The van der Waals surface area contributed by atoms with E-state index in [9.17, 15) is 18.0 Å². The lowest BCUT2D eigenvalue weighted by Gasteiger charge is -2.40. The molecule has 4 aromatic rings. The molecule has 1 aromatic heterocycles. The minimum atomic E-state index is -4.45. The second-order valence-electron chi connectivity index (χ2n) is 9.85. The molecule has 9 heteroatoms. The largest absolute Gasteiger partial charge is 0.416 e. The summed E-state index contributed by atoms with van der Waals surface area (Å²) in [5, 5.41) is 0.0331. The van der Waals surface area contributed by atoms with Crippen LogP contribution < -0.4 is 5.73 Å². The maximum atomic E-state index is 13.2. The van der Waals surface area contributed by atoms with Gasteiger partial charge in [-0.1, -0.05) is 78.3 Å². The summed E-state index contributed by atoms with van der Waals surface area (Å²) in [7, 11) is 0. The van der Waals surface area contributed by atoms with Crippen LogP contribution in [0.3, 0.4) is 0 Å². The molecule has 2 N–H and O–H groups in total. The molecule has 1 atom stereocenters. The number of halogens is 4. The highest BCUT2D eigenvalue weighted by Crippen LogP contribution is 2.38. The molecule has 208 valence electrons. The van der Waals surface area contributed by atoms with E-state index < -0.39 is 17.8 Å². The minimum absolute atomic E-state index is 0.0331. The topological polar surface area (TPSA) is 49.6 Å². The van der Waals surface area contributed by atoms with Crippen molar-refractivity contribution in [2.45, 2.75) is 24.7 Å². The third-order valence-corrected chi connectivity index (χ3v) is 8.64. The molecule has 1 amide bonds. The van der Waals surface area contributed by atoms with Crippen LogP contribution in [0.15, 0.2) is 91.0 Å². The van der Waals surface area contributed by atoms with E-state index in [0.29, 0.717) is 25.1 Å². The van der Waals surface area contributed by atoms with Gasteiger partial charge in [0.15, 0.2) is 0 Å². The van der Waals surface area contributed by atoms with Gasteiger partial charge in [0.2, 0.25) is 5.91 Å². The number of amides is 1. The van der Waals surface area contributed by atoms with E-state index in [4.69, 9.17) is 17.3 Å². The summed E-state index contributed by atoms with van der Waals surface area (Å²) in [6.45, 7) is 2.62. The van der Waals surface area contributed by atoms with E-state index in [1.54, 1.807) is 6.07 Å². The van der Waals surface area contributed by atoms with Gasteiger partial charge in [-0.25, -0.2) is 0 Å². The Kier molecular flexibility index (Phi) is 8.61. The second-order valence-corrected chi connectivity index (χ2v) is 11.4. The molecular formula is C31H29ClF3N3OS. The molecule has 1 unspecified atom stereocenters. The Labute approximate surface area is 240 Å². The molecule has 5 rings (SSSR count). The number of nitrogens with two attached hydrogens (primary N) is 1. The molecule has 0 saturated carbocycles. The monoisotopic (exact) mass is 583 g/mol. The summed E-state index contributed by atoms with van der Waals surface area (Å²) in [6, 6.07) is 27.2. The number of benzene rings is 3. The van der Waals surface area contributed by atoms with Crippen LogP contribution in [0.4, 0.5) is 13.2 Å². The van der Waals surface area contributed by atoms with Crippen molar-refractivity contribution < 1.29 is 18.0 Å². The van der Waals surface area contributed by atoms with Crippen LogP contribution in [0.25, 0.3) is 10.4 Å². The first kappa shape index (κ1) is 28.4. The summed E-state index contributed by atoms with van der Waals surface area (Å²) in [6.07, 6.45) is -4.11. The number of hydrogen-bond acceptors (Lipinski definition) is 4. The van der Waals surface area contributed by atoms with Crippen molar-refractivity contribution in [2.75, 3.05) is 26.2 Å². The lowest BCUT2D eigenvalue weighted by molar-refractivity contribution is -0.137. The highest BCUT2D eigenvalue weighted by molar-refractivity contribution is 7.15. The lowest BCUT2D eigenvalue weighted by Crippen LogP contribution is -2.54. The van der Waals surface area contributed by atoms with Crippen LogP contribution in [0.5, 0.6) is 0 Å². The van der Waals surface area contributed by atoms with Crippen molar-refractivity contribution >= 4 is 28.8 Å². The third kappa shape index (κ3) is 6.41. The summed E-state index contributed by atoms with van der Waals surface area (Å²) >= 11 is 7.55. The molecule has 0 bridgehead atoms. The number of hydrogen-bond donors (Lipinski definition) is 1. The van der Waals surface area contributed by atoms with E-state index in [1.165, 1.54) is 28.5 Å². The van der Waals surface area contributed by atoms with Crippen molar-refractivity contribution in [3.8, 4) is 10.4 Å². The molecule has 4 nitrogen and oxygen atoms in total. The first-order valence-electron chi connectivity index (χ1n) is 13.0. The van der Waals surface area contributed by atoms with Crippen molar-refractivity contribution in [1.82, 2.24) is 9.80 Å². The Morgan fingerprint density at radius 3 is 2.02 bits per heavy atom. The predicted octanol–water partition coefficient (Wildman–Crippen LogP) is 6.89. The molecule has 0 spiro atoms. The highest BCUT2D eigenvalue weighted by Gasteiger charge is 2.32. The maximum Gasteiger partial charge on any atom is 0.416 e. The summed E-state index contributed by atoms with van der Waals surface area (Å²) in [5.74, 6) is -0.0989. The number of rotatable bonds is 7. The minimum Gasteiger partial charge on any atom is -0.339 e. The van der Waals surface area contributed by atoms with Crippen molar-refractivity contribution in [3.05, 3.63) is 118 Å². The fourth-order valence-electron chi connectivity index (χ4n) is 5.15. The average molecular weight is 584 g/mol. The van der Waals surface area contributed by atoms with Gasteiger partial charge < -0.3 is 10.6 Å². The number of carbonyl (C=O) groups excluding carboxylic acids is 1. The zero-order valence-corrected chi connectivity index (χ0v) is 23.2. The van der Waals surface area contributed by atoms with Gasteiger partial charge in [0.25, 0.3) is 0 Å². The molecule has 0 radical (unpaired) electrons. The Morgan fingerprint density at radius 1 is 0.875 bits per heavy atom. The first-order valence-corrected chi connectivity index (χ1v) is 14.2. The van der Waals surface area contributed by atoms with E-state index >= 15 is 0 Å². The van der Waals surface area contributed by atoms with Gasteiger partial charge in [-0.05, 0) is 35.4 Å². The van der Waals surface area contributed by atoms with Crippen molar-refractivity contribution in [2.24, 2.45) is 5.73 Å². The Morgan fingerprint density at radius 2 is 1.48 bits per heavy atom. The Bertz CT molecular complexity index is 1400. The fourth-order valence-corrected chi connectivity index (χ4v) is 6.59. The second kappa shape index (κ2) is 12.1. The highest BCUT2D eigenvalue weighted by atomic mass is 35.5. The molecule has 2 heterocycles. The van der Waals surface area contributed by atoms with Crippen LogP contribution in [-0.4, -0.2) is 47.9 Å². The Balaban J connectivity index is 1.21. The molecular weight excluding hydrogens is 555 g/mol. The van der Waals surface area contributed by atoms with Gasteiger partial charge in [0.05, 0.1) is 17.6 Å². The Hall–Kier alpha value is -3.17. The smallest absolute Gasteiger partial charge is 0.339 e. The quantitative estimate of drug-likeness (QED) is 0.258. The summed E-state index contributed by atoms with van der Waals surface area (Å²) in [4.78, 5) is 19.1. The first-order chi connectivity index (χ1) is 19.2. The van der Waals surface area contributed by atoms with E-state index in [0.717, 1.165) is 35.0 Å². The number of piperazine rings is 1. The number of thiophene rings is 1. The van der Waals surface area contributed by atoms with Crippen LogP contribution in [0.1, 0.15) is 27.6 Å².